The Balaban J connectivity index is 0.00000112. The molecule has 86 valence electrons. The van der Waals surface area contributed by atoms with Crippen LogP contribution in [0.5, 0.6) is 0 Å². The molecule has 0 spiro atoms. The highest BCUT2D eigenvalue weighted by molar-refractivity contribution is 7.98. The van der Waals surface area contributed by atoms with Crippen LogP contribution in [0, 0.1) is 0 Å². The van der Waals surface area contributed by atoms with Crippen molar-refractivity contribution < 1.29 is 4.52 Å². The summed E-state index contributed by atoms with van der Waals surface area (Å²) in [6, 6.07) is 0. The topological polar surface area (TPSA) is 64.9 Å². The first-order chi connectivity index (χ1) is 6.74. The Bertz CT molecular complexity index is 314. The van der Waals surface area contributed by atoms with Crippen LogP contribution in [0.1, 0.15) is 31.0 Å². The number of nitrogens with zero attached hydrogens (tertiary/aromatic N) is 2. The number of hydrogen-bond donors (Lipinski definition) is 1. The summed E-state index contributed by atoms with van der Waals surface area (Å²) < 4.78 is 5.13. The van der Waals surface area contributed by atoms with Crippen LogP contribution in [0.2, 0.25) is 0 Å². The van der Waals surface area contributed by atoms with Crippen molar-refractivity contribution in [2.24, 2.45) is 5.73 Å². The second-order valence-corrected chi connectivity index (χ2v) is 4.75. The number of thioether (sulfide) groups is 1. The van der Waals surface area contributed by atoms with E-state index in [-0.39, 0.29) is 17.9 Å². The normalized spacial score (nSPS) is 18.0. The van der Waals surface area contributed by atoms with E-state index in [1.54, 1.807) is 11.8 Å². The van der Waals surface area contributed by atoms with Gasteiger partial charge in [-0.3, -0.25) is 0 Å². The van der Waals surface area contributed by atoms with Gasteiger partial charge in [-0.05, 0) is 25.5 Å². The van der Waals surface area contributed by atoms with Gasteiger partial charge < -0.3 is 10.3 Å². The molecule has 1 saturated carbocycles. The molecule has 0 saturated heterocycles. The van der Waals surface area contributed by atoms with Crippen molar-refractivity contribution in [1.29, 1.82) is 0 Å². The minimum Gasteiger partial charge on any atom is -0.339 e. The highest BCUT2D eigenvalue weighted by atomic mass is 35.5. The van der Waals surface area contributed by atoms with Crippen LogP contribution >= 0.6 is 24.2 Å². The average Bonchev–Trinajstić information content (AvgIpc) is 2.59. The van der Waals surface area contributed by atoms with E-state index in [9.17, 15) is 0 Å². The highest BCUT2D eigenvalue weighted by Crippen LogP contribution is 2.36. The van der Waals surface area contributed by atoms with Gasteiger partial charge in [-0.25, -0.2) is 0 Å². The van der Waals surface area contributed by atoms with Gasteiger partial charge in [0.05, 0.1) is 5.54 Å². The molecule has 0 aliphatic heterocycles. The Kier molecular flexibility index (Phi) is 4.43. The molecule has 2 N–H and O–H groups in total. The monoisotopic (exact) mass is 249 g/mol. The Morgan fingerprint density at radius 1 is 1.53 bits per heavy atom. The average molecular weight is 250 g/mol. The zero-order chi connectivity index (χ0) is 10.0. The second-order valence-electron chi connectivity index (χ2n) is 3.76. The molecule has 1 aliphatic rings. The molecule has 1 aromatic heterocycles. The van der Waals surface area contributed by atoms with Gasteiger partial charge in [-0.1, -0.05) is 5.16 Å². The maximum atomic E-state index is 6.08. The molecule has 1 aromatic rings. The van der Waals surface area contributed by atoms with Gasteiger partial charge in [-0.15, -0.1) is 12.4 Å². The fraction of sp³-hybridized carbons (Fsp3) is 0.778. The summed E-state index contributed by atoms with van der Waals surface area (Å²) in [5.74, 6) is 2.42. The Hall–Kier alpha value is -0.260. The molecular weight excluding hydrogens is 234 g/mol. The summed E-state index contributed by atoms with van der Waals surface area (Å²) in [5.41, 5.74) is 5.79. The lowest BCUT2D eigenvalue weighted by molar-refractivity contribution is 0.229. The molecular formula is C9H16ClN3OS. The third-order valence-corrected chi connectivity index (χ3v) is 3.29. The molecule has 15 heavy (non-hydrogen) atoms. The number of aryl methyl sites for hydroxylation is 1. The summed E-state index contributed by atoms with van der Waals surface area (Å²) in [7, 11) is 0. The quantitative estimate of drug-likeness (QED) is 0.881. The third-order valence-electron chi connectivity index (χ3n) is 2.68. The number of halogens is 1. The number of hydrogen-bond acceptors (Lipinski definition) is 5. The predicted molar refractivity (Wildman–Crippen MR) is 63.3 cm³/mol. The molecule has 0 aromatic carbocycles. The summed E-state index contributed by atoms with van der Waals surface area (Å²) in [6.45, 7) is 0. The lowest BCUT2D eigenvalue weighted by Gasteiger charge is -2.34. The van der Waals surface area contributed by atoms with Crippen molar-refractivity contribution >= 4 is 24.2 Å². The molecule has 1 heterocycles. The first-order valence-corrected chi connectivity index (χ1v) is 6.25. The van der Waals surface area contributed by atoms with Crippen molar-refractivity contribution in [3.8, 4) is 0 Å². The summed E-state index contributed by atoms with van der Waals surface area (Å²) in [5, 5.41) is 3.94. The van der Waals surface area contributed by atoms with E-state index >= 15 is 0 Å². The Labute approximate surface area is 99.8 Å². The molecule has 6 heteroatoms. The first kappa shape index (κ1) is 12.8. The van der Waals surface area contributed by atoms with Crippen molar-refractivity contribution in [3.63, 3.8) is 0 Å². The Morgan fingerprint density at radius 3 is 2.80 bits per heavy atom. The molecule has 0 radical (unpaired) electrons. The third kappa shape index (κ3) is 2.65. The van der Waals surface area contributed by atoms with Crippen LogP contribution in [0.3, 0.4) is 0 Å². The van der Waals surface area contributed by atoms with Crippen molar-refractivity contribution in [2.75, 3.05) is 12.0 Å². The van der Waals surface area contributed by atoms with Crippen LogP contribution in [0.4, 0.5) is 0 Å². The van der Waals surface area contributed by atoms with Gasteiger partial charge in [-0.2, -0.15) is 16.7 Å². The van der Waals surface area contributed by atoms with Crippen molar-refractivity contribution in [1.82, 2.24) is 10.1 Å². The summed E-state index contributed by atoms with van der Waals surface area (Å²) in [4.78, 5) is 4.33. The minimum atomic E-state index is -0.291. The van der Waals surface area contributed by atoms with E-state index < -0.39 is 0 Å². The van der Waals surface area contributed by atoms with Crippen molar-refractivity contribution in [3.05, 3.63) is 11.7 Å². The van der Waals surface area contributed by atoms with Gasteiger partial charge in [0.1, 0.15) is 0 Å². The molecule has 0 atom stereocenters. The Morgan fingerprint density at radius 2 is 2.27 bits per heavy atom. The summed E-state index contributed by atoms with van der Waals surface area (Å²) in [6.07, 6.45) is 6.03. The van der Waals surface area contributed by atoms with Crippen molar-refractivity contribution in [2.45, 2.75) is 31.2 Å². The molecule has 1 fully saturated rings. The maximum Gasteiger partial charge on any atom is 0.227 e. The number of rotatable bonds is 4. The van der Waals surface area contributed by atoms with Gasteiger partial charge in [0.2, 0.25) is 5.89 Å². The molecule has 0 amide bonds. The maximum absolute atomic E-state index is 6.08. The van der Waals surface area contributed by atoms with E-state index in [2.05, 4.69) is 16.4 Å². The van der Waals surface area contributed by atoms with E-state index in [0.717, 1.165) is 25.0 Å². The van der Waals surface area contributed by atoms with Gasteiger partial charge in [0.15, 0.2) is 5.82 Å². The predicted octanol–water partition coefficient (Wildman–Crippen LogP) is 1.73. The number of aromatic nitrogens is 2. The smallest absolute Gasteiger partial charge is 0.227 e. The minimum absolute atomic E-state index is 0. The molecule has 1 aliphatic carbocycles. The largest absolute Gasteiger partial charge is 0.339 e. The van der Waals surface area contributed by atoms with Crippen LogP contribution in [-0.2, 0) is 12.0 Å². The number of nitrogens with two attached hydrogens (primary N) is 1. The zero-order valence-corrected chi connectivity index (χ0v) is 10.4. The molecule has 2 rings (SSSR count). The lowest BCUT2D eigenvalue weighted by atomic mass is 9.77. The van der Waals surface area contributed by atoms with E-state index in [0.29, 0.717) is 11.7 Å². The SMILES string of the molecule is CSCCc1nc(C2(N)CCC2)no1.Cl. The molecule has 4 nitrogen and oxygen atoms in total. The molecule has 0 unspecified atom stereocenters. The summed E-state index contributed by atoms with van der Waals surface area (Å²) >= 11 is 1.77. The fourth-order valence-electron chi connectivity index (χ4n) is 1.53. The second kappa shape index (κ2) is 5.18. The molecule has 0 bridgehead atoms. The van der Waals surface area contributed by atoms with Crippen LogP contribution in [0.25, 0.3) is 0 Å². The van der Waals surface area contributed by atoms with Gasteiger partial charge in [0, 0.05) is 12.2 Å². The lowest BCUT2D eigenvalue weighted by Crippen LogP contribution is -2.44. The van der Waals surface area contributed by atoms with Crippen LogP contribution in [0.15, 0.2) is 4.52 Å². The zero-order valence-electron chi connectivity index (χ0n) is 8.73. The van der Waals surface area contributed by atoms with Gasteiger partial charge >= 0.3 is 0 Å². The highest BCUT2D eigenvalue weighted by Gasteiger charge is 2.38. The van der Waals surface area contributed by atoms with Gasteiger partial charge in [0.25, 0.3) is 0 Å². The van der Waals surface area contributed by atoms with E-state index in [1.807, 2.05) is 0 Å². The van der Waals surface area contributed by atoms with Crippen LogP contribution < -0.4 is 5.73 Å². The van der Waals surface area contributed by atoms with E-state index in [4.69, 9.17) is 10.3 Å². The van der Waals surface area contributed by atoms with E-state index in [1.165, 1.54) is 6.42 Å². The fourth-order valence-corrected chi connectivity index (χ4v) is 1.91. The van der Waals surface area contributed by atoms with Crippen LogP contribution in [-0.4, -0.2) is 22.1 Å². The first-order valence-electron chi connectivity index (χ1n) is 4.85. The standard InChI is InChI=1S/C9H15N3OS.ClH/c1-14-6-3-7-11-8(12-13-7)9(10)4-2-5-9;/h2-6,10H2,1H3;1H.